The first-order chi connectivity index (χ1) is 5.58. The molecular formula is C7H7F3N2. The molecule has 0 saturated heterocycles. The van der Waals surface area contributed by atoms with Crippen LogP contribution in [-0.4, -0.2) is 17.7 Å². The zero-order valence-corrected chi connectivity index (χ0v) is 6.10. The molecule has 12 heavy (non-hydrogen) atoms. The molecule has 1 N–H and O–H groups in total. The smallest absolute Gasteiger partial charge is 0.361 e. The van der Waals surface area contributed by atoms with E-state index in [0.29, 0.717) is 0 Å². The van der Waals surface area contributed by atoms with Crippen LogP contribution < -0.4 is 5.32 Å². The van der Waals surface area contributed by atoms with Crippen LogP contribution in [0.4, 0.5) is 19.0 Å². The molecule has 0 aromatic carbocycles. The number of rotatable bonds is 2. The van der Waals surface area contributed by atoms with Crippen LogP contribution in [-0.2, 0) is 0 Å². The van der Waals surface area contributed by atoms with Gasteiger partial charge in [0.25, 0.3) is 0 Å². The van der Waals surface area contributed by atoms with Crippen molar-refractivity contribution in [3.8, 4) is 0 Å². The largest absolute Gasteiger partial charge is 0.405 e. The Morgan fingerprint density at radius 2 is 2.08 bits per heavy atom. The Morgan fingerprint density at radius 1 is 1.33 bits per heavy atom. The third-order valence-electron chi connectivity index (χ3n) is 1.13. The Labute approximate surface area is 67.4 Å². The number of nitrogens with one attached hydrogen (secondary N) is 1. The lowest BCUT2D eigenvalue weighted by Gasteiger charge is -2.07. The Balaban J connectivity index is 2.44. The zero-order valence-electron chi connectivity index (χ0n) is 6.10. The van der Waals surface area contributed by atoms with Gasteiger partial charge in [-0.05, 0) is 12.1 Å². The molecule has 1 aromatic heterocycles. The summed E-state index contributed by atoms with van der Waals surface area (Å²) in [6.07, 6.45) is -2.77. The number of anilines is 1. The zero-order chi connectivity index (χ0) is 9.03. The lowest BCUT2D eigenvalue weighted by molar-refractivity contribution is -0.115. The fraction of sp³-hybridized carbons (Fsp3) is 0.286. The van der Waals surface area contributed by atoms with Gasteiger partial charge in [0.1, 0.15) is 12.4 Å². The van der Waals surface area contributed by atoms with Crippen LogP contribution in [0.2, 0.25) is 0 Å². The maximum atomic E-state index is 11.7. The van der Waals surface area contributed by atoms with Crippen molar-refractivity contribution in [2.45, 2.75) is 6.18 Å². The van der Waals surface area contributed by atoms with Gasteiger partial charge in [0.15, 0.2) is 0 Å². The highest BCUT2D eigenvalue weighted by atomic mass is 19.4. The van der Waals surface area contributed by atoms with E-state index < -0.39 is 12.7 Å². The fourth-order valence-corrected chi connectivity index (χ4v) is 0.658. The normalized spacial score (nSPS) is 11.2. The molecule has 0 saturated carbocycles. The van der Waals surface area contributed by atoms with E-state index >= 15 is 0 Å². The van der Waals surface area contributed by atoms with E-state index in [4.69, 9.17) is 0 Å². The summed E-state index contributed by atoms with van der Waals surface area (Å²) >= 11 is 0. The van der Waals surface area contributed by atoms with Gasteiger partial charge in [-0.15, -0.1) is 0 Å². The molecule has 5 heteroatoms. The molecule has 1 rings (SSSR count). The maximum absolute atomic E-state index is 11.7. The SMILES string of the molecule is FC(F)(F)CNc1ccccn1. The van der Waals surface area contributed by atoms with Gasteiger partial charge in [-0.2, -0.15) is 13.2 Å². The molecule has 66 valence electrons. The van der Waals surface area contributed by atoms with E-state index in [0.717, 1.165) is 0 Å². The molecule has 2 nitrogen and oxygen atoms in total. The van der Waals surface area contributed by atoms with Crippen LogP contribution in [0.25, 0.3) is 0 Å². The topological polar surface area (TPSA) is 24.9 Å². The Kier molecular flexibility index (Phi) is 2.52. The van der Waals surface area contributed by atoms with Crippen molar-refractivity contribution in [1.82, 2.24) is 4.98 Å². The van der Waals surface area contributed by atoms with Crippen LogP contribution in [0.15, 0.2) is 24.4 Å². The monoisotopic (exact) mass is 176 g/mol. The van der Waals surface area contributed by atoms with Gasteiger partial charge in [-0.3, -0.25) is 0 Å². The summed E-state index contributed by atoms with van der Waals surface area (Å²) in [4.78, 5) is 3.67. The standard InChI is InChI=1S/C7H7F3N2/c8-7(9,10)5-12-6-3-1-2-4-11-6/h1-4H,5H2,(H,11,12). The molecule has 0 atom stereocenters. The van der Waals surface area contributed by atoms with Gasteiger partial charge >= 0.3 is 6.18 Å². The maximum Gasteiger partial charge on any atom is 0.405 e. The summed E-state index contributed by atoms with van der Waals surface area (Å²) in [7, 11) is 0. The van der Waals surface area contributed by atoms with Gasteiger partial charge < -0.3 is 5.32 Å². The number of hydrogen-bond donors (Lipinski definition) is 1. The molecule has 1 aromatic rings. The summed E-state index contributed by atoms with van der Waals surface area (Å²) in [6.45, 7) is -1.05. The van der Waals surface area contributed by atoms with E-state index in [1.807, 2.05) is 0 Å². The van der Waals surface area contributed by atoms with Gasteiger partial charge in [0, 0.05) is 6.20 Å². The van der Waals surface area contributed by atoms with Gasteiger partial charge in [0.2, 0.25) is 0 Å². The van der Waals surface area contributed by atoms with Crippen LogP contribution in [0.3, 0.4) is 0 Å². The van der Waals surface area contributed by atoms with E-state index in [2.05, 4.69) is 10.3 Å². The fourth-order valence-electron chi connectivity index (χ4n) is 0.658. The first-order valence-electron chi connectivity index (χ1n) is 3.29. The third kappa shape index (κ3) is 3.23. The molecule has 0 aliphatic rings. The number of nitrogens with zero attached hydrogens (tertiary/aromatic N) is 1. The number of pyridine rings is 1. The highest BCUT2D eigenvalue weighted by Gasteiger charge is 2.26. The Morgan fingerprint density at radius 3 is 2.58 bits per heavy atom. The quantitative estimate of drug-likeness (QED) is 0.745. The van der Waals surface area contributed by atoms with E-state index in [-0.39, 0.29) is 5.82 Å². The van der Waals surface area contributed by atoms with Crippen LogP contribution in [0.5, 0.6) is 0 Å². The van der Waals surface area contributed by atoms with Crippen LogP contribution in [0, 0.1) is 0 Å². The molecule has 0 radical (unpaired) electrons. The minimum atomic E-state index is -4.20. The molecule has 0 aliphatic heterocycles. The van der Waals surface area contributed by atoms with Crippen molar-refractivity contribution in [3.63, 3.8) is 0 Å². The van der Waals surface area contributed by atoms with E-state index in [1.165, 1.54) is 12.3 Å². The van der Waals surface area contributed by atoms with Gasteiger partial charge in [-0.1, -0.05) is 6.07 Å². The second-order valence-corrected chi connectivity index (χ2v) is 2.18. The lowest BCUT2D eigenvalue weighted by atomic mass is 10.4. The minimum absolute atomic E-state index is 0.231. The molecule has 0 aliphatic carbocycles. The predicted octanol–water partition coefficient (Wildman–Crippen LogP) is 2.06. The van der Waals surface area contributed by atoms with Crippen molar-refractivity contribution in [1.29, 1.82) is 0 Å². The van der Waals surface area contributed by atoms with Crippen molar-refractivity contribution >= 4 is 5.82 Å². The summed E-state index contributed by atoms with van der Waals surface area (Å²) < 4.78 is 35.0. The van der Waals surface area contributed by atoms with E-state index in [9.17, 15) is 13.2 Å². The minimum Gasteiger partial charge on any atom is -0.361 e. The second-order valence-electron chi connectivity index (χ2n) is 2.18. The number of hydrogen-bond acceptors (Lipinski definition) is 2. The van der Waals surface area contributed by atoms with Crippen molar-refractivity contribution < 1.29 is 13.2 Å². The lowest BCUT2D eigenvalue weighted by Crippen LogP contribution is -2.21. The second kappa shape index (κ2) is 3.42. The van der Waals surface area contributed by atoms with Crippen molar-refractivity contribution in [3.05, 3.63) is 24.4 Å². The third-order valence-corrected chi connectivity index (χ3v) is 1.13. The summed E-state index contributed by atoms with van der Waals surface area (Å²) in [5.41, 5.74) is 0. The molecule has 0 spiro atoms. The predicted molar refractivity (Wildman–Crippen MR) is 38.8 cm³/mol. The van der Waals surface area contributed by atoms with Gasteiger partial charge in [0.05, 0.1) is 0 Å². The molecule has 0 amide bonds. The first-order valence-corrected chi connectivity index (χ1v) is 3.29. The Bertz CT molecular complexity index is 232. The number of aromatic nitrogens is 1. The number of alkyl halides is 3. The summed E-state index contributed by atoms with van der Waals surface area (Å²) in [5.74, 6) is 0.231. The van der Waals surface area contributed by atoms with Gasteiger partial charge in [-0.25, -0.2) is 4.98 Å². The van der Waals surface area contributed by atoms with Crippen LogP contribution in [0.1, 0.15) is 0 Å². The van der Waals surface area contributed by atoms with Crippen LogP contribution >= 0.6 is 0 Å². The average Bonchev–Trinajstić information content (AvgIpc) is 2.02. The molecule has 0 bridgehead atoms. The molecular weight excluding hydrogens is 169 g/mol. The average molecular weight is 176 g/mol. The molecule has 0 unspecified atom stereocenters. The first kappa shape index (κ1) is 8.83. The highest BCUT2D eigenvalue weighted by Crippen LogP contribution is 2.14. The molecule has 0 fully saturated rings. The number of halogens is 3. The van der Waals surface area contributed by atoms with Crippen molar-refractivity contribution in [2.75, 3.05) is 11.9 Å². The van der Waals surface area contributed by atoms with Crippen molar-refractivity contribution in [2.24, 2.45) is 0 Å². The summed E-state index contributed by atoms with van der Waals surface area (Å²) in [6, 6.07) is 4.73. The van der Waals surface area contributed by atoms with E-state index in [1.54, 1.807) is 12.1 Å². The highest BCUT2D eigenvalue weighted by molar-refractivity contribution is 5.33. The summed E-state index contributed by atoms with van der Waals surface area (Å²) in [5, 5.41) is 2.15. The molecule has 1 heterocycles. The Hall–Kier alpha value is -1.26.